The molecule has 308 valence electrons. The second-order valence-corrected chi connectivity index (χ2v) is 21.0. The summed E-state index contributed by atoms with van der Waals surface area (Å²) in [5.41, 5.74) is -3.39. The van der Waals surface area contributed by atoms with Crippen molar-refractivity contribution < 1.29 is 71.1 Å². The number of carbonyl (C=O) groups is 5. The molecule has 16 heteroatoms. The minimum Gasteiger partial charge on any atom is -0.464 e. The van der Waals surface area contributed by atoms with Crippen molar-refractivity contribution >= 4 is 41.5 Å². The number of Topliss-reactive ketones (excluding diaryl/α,β-unsaturated/α-hetero) is 2. The summed E-state index contributed by atoms with van der Waals surface area (Å²) in [6.45, 7) is -1.32. The minimum atomic E-state index is -3.64. The summed E-state index contributed by atoms with van der Waals surface area (Å²) < 4.78 is 63.4. The molecule has 0 aromatic heterocycles. The summed E-state index contributed by atoms with van der Waals surface area (Å²) in [5.74, 6) is -1.83. The Labute approximate surface area is 327 Å². The number of halogens is 2. The summed E-state index contributed by atoms with van der Waals surface area (Å²) in [4.78, 5) is 67.4. The van der Waals surface area contributed by atoms with Crippen molar-refractivity contribution in [3.63, 3.8) is 0 Å². The van der Waals surface area contributed by atoms with Crippen molar-refractivity contribution in [3.05, 3.63) is 0 Å². The fraction of sp³-hybridized carbons (Fsp3) is 0.875. The van der Waals surface area contributed by atoms with E-state index in [0.717, 1.165) is 38.5 Å². The fourth-order valence-electron chi connectivity index (χ4n) is 14.6. The Hall–Kier alpha value is -2.24. The SMILES string of the molecule is O=C1C2CC3CC1CC(C(=O)OCC1(COC(=O)C45CC6CC(C4)C(=O)C(C6)C5)COC4(OC1)C1CC5CC4CC(C(=O)OCC(F)(F)SOOO)(C5)C1)(C3)C2. The van der Waals surface area contributed by atoms with Crippen LogP contribution >= 0.6 is 12.0 Å². The molecule has 12 saturated carbocycles. The van der Waals surface area contributed by atoms with Gasteiger partial charge in [0.15, 0.2) is 12.4 Å². The molecule has 12 aliphatic carbocycles. The summed E-state index contributed by atoms with van der Waals surface area (Å²) >= 11 is -0.458. The van der Waals surface area contributed by atoms with E-state index in [1.165, 1.54) is 0 Å². The molecule has 56 heavy (non-hydrogen) atoms. The van der Waals surface area contributed by atoms with Gasteiger partial charge in [-0.3, -0.25) is 24.0 Å². The van der Waals surface area contributed by atoms with Gasteiger partial charge in [0, 0.05) is 35.5 Å². The van der Waals surface area contributed by atoms with Crippen molar-refractivity contribution in [1.82, 2.24) is 0 Å². The third kappa shape index (κ3) is 5.95. The Balaban J connectivity index is 0.850. The molecule has 1 spiro atoms. The highest BCUT2D eigenvalue weighted by molar-refractivity contribution is 7.95. The molecule has 13 aliphatic rings. The number of esters is 3. The second kappa shape index (κ2) is 13.1. The van der Waals surface area contributed by atoms with Crippen LogP contribution in [0.15, 0.2) is 0 Å². The van der Waals surface area contributed by atoms with Gasteiger partial charge in [-0.2, -0.15) is 8.78 Å². The van der Waals surface area contributed by atoms with Crippen LogP contribution in [-0.2, 0) is 57.0 Å². The quantitative estimate of drug-likeness (QED) is 0.0847. The van der Waals surface area contributed by atoms with E-state index >= 15 is 0 Å². The van der Waals surface area contributed by atoms with Crippen LogP contribution in [0.1, 0.15) is 96.3 Å². The highest BCUT2D eigenvalue weighted by Crippen LogP contribution is 2.67. The van der Waals surface area contributed by atoms with E-state index in [9.17, 15) is 32.8 Å². The van der Waals surface area contributed by atoms with Gasteiger partial charge in [-0.05, 0) is 114 Å². The van der Waals surface area contributed by atoms with Crippen molar-refractivity contribution in [2.24, 2.45) is 74.9 Å². The van der Waals surface area contributed by atoms with Gasteiger partial charge in [0.2, 0.25) is 0 Å². The molecule has 0 radical (unpaired) electrons. The van der Waals surface area contributed by atoms with Crippen LogP contribution in [0.25, 0.3) is 0 Å². The van der Waals surface area contributed by atoms with Gasteiger partial charge in [-0.1, -0.05) is 5.04 Å². The number of hydrogen-bond acceptors (Lipinski definition) is 14. The molecule has 12 bridgehead atoms. The maximum Gasteiger partial charge on any atom is 0.354 e. The zero-order chi connectivity index (χ0) is 38.9. The molecule has 1 saturated heterocycles. The van der Waals surface area contributed by atoms with Crippen LogP contribution in [0.5, 0.6) is 0 Å². The van der Waals surface area contributed by atoms with E-state index < -0.39 is 57.3 Å². The number of alkyl halides is 2. The van der Waals surface area contributed by atoms with Gasteiger partial charge in [-0.15, -0.1) is 4.33 Å². The van der Waals surface area contributed by atoms with Gasteiger partial charge in [0.05, 0.1) is 34.9 Å². The Morgan fingerprint density at radius 3 is 1.50 bits per heavy atom. The molecule has 1 N–H and O–H groups in total. The third-order valence-corrected chi connectivity index (χ3v) is 16.9. The standard InChI is InChI=1S/C40H50F2O13S/c41-39(42,56-55-54-48)20-51-34(47)38-9-23-5-28(14-38)40(29(6-23)15-38)52-18-35(19-53-40,16-49-32(45)36-7-21-1-24(10-36)30(43)25(2-21)11-36)17-50-33(46)37-8-22-3-26(12-37)31(44)27(4-22)13-37/h21-29,48H,1-20H2. The smallest absolute Gasteiger partial charge is 0.354 e. The average molecular weight is 809 g/mol. The lowest BCUT2D eigenvalue weighted by Gasteiger charge is -2.65. The van der Waals surface area contributed by atoms with Crippen LogP contribution in [0.4, 0.5) is 8.78 Å². The first-order valence-electron chi connectivity index (χ1n) is 20.6. The lowest BCUT2D eigenvalue weighted by molar-refractivity contribution is -0.433. The monoisotopic (exact) mass is 808 g/mol. The van der Waals surface area contributed by atoms with Crippen LogP contribution in [-0.4, -0.2) is 78.8 Å². The van der Waals surface area contributed by atoms with Crippen molar-refractivity contribution in [2.75, 3.05) is 33.0 Å². The average Bonchev–Trinajstić information content (AvgIpc) is 3.17. The van der Waals surface area contributed by atoms with Crippen molar-refractivity contribution in [2.45, 2.75) is 107 Å². The lowest BCUT2D eigenvalue weighted by Crippen LogP contribution is -2.68. The highest BCUT2D eigenvalue weighted by Gasteiger charge is 2.69. The molecular formula is C40H50F2O13S. The summed E-state index contributed by atoms with van der Waals surface area (Å²) in [6.07, 6.45) is 9.47. The number of hydrogen-bond donors (Lipinski definition) is 1. The molecular weight excluding hydrogens is 758 g/mol. The highest BCUT2D eigenvalue weighted by atomic mass is 32.2. The Morgan fingerprint density at radius 2 is 1.05 bits per heavy atom. The fourth-order valence-corrected chi connectivity index (χ4v) is 14.8. The molecule has 1 aliphatic heterocycles. The van der Waals surface area contributed by atoms with Crippen LogP contribution in [0.3, 0.4) is 0 Å². The van der Waals surface area contributed by atoms with E-state index in [4.69, 9.17) is 28.9 Å². The van der Waals surface area contributed by atoms with Crippen molar-refractivity contribution in [1.29, 1.82) is 0 Å². The van der Waals surface area contributed by atoms with E-state index in [1.807, 2.05) is 0 Å². The van der Waals surface area contributed by atoms with Crippen LogP contribution in [0, 0.1) is 74.9 Å². The molecule has 13 nitrogen and oxygen atoms in total. The predicted octanol–water partition coefficient (Wildman–Crippen LogP) is 5.62. The molecule has 13 fully saturated rings. The van der Waals surface area contributed by atoms with Gasteiger partial charge in [-0.25, -0.2) is 5.26 Å². The number of ketones is 2. The Morgan fingerprint density at radius 1 is 0.643 bits per heavy atom. The number of carbonyl (C=O) groups excluding carboxylic acids is 5. The lowest BCUT2D eigenvalue weighted by atomic mass is 9.47. The first kappa shape index (κ1) is 38.0. The Bertz CT molecular complexity index is 1570. The topological polar surface area (TPSA) is 170 Å². The van der Waals surface area contributed by atoms with Crippen molar-refractivity contribution in [3.8, 4) is 0 Å². The van der Waals surface area contributed by atoms with Gasteiger partial charge in [0.1, 0.15) is 36.8 Å². The number of rotatable bonds is 12. The molecule has 6 unspecified atom stereocenters. The normalized spacial score (nSPS) is 47.8. The van der Waals surface area contributed by atoms with Gasteiger partial charge < -0.3 is 23.7 Å². The number of ether oxygens (including phenoxy) is 5. The van der Waals surface area contributed by atoms with E-state index in [0.29, 0.717) is 69.6 Å². The molecule has 0 aromatic rings. The van der Waals surface area contributed by atoms with E-state index in [1.54, 1.807) is 0 Å². The van der Waals surface area contributed by atoms with E-state index in [2.05, 4.69) is 9.37 Å². The third-order valence-electron chi connectivity index (χ3n) is 16.4. The van der Waals surface area contributed by atoms with Gasteiger partial charge in [0.25, 0.3) is 0 Å². The molecule has 0 aromatic carbocycles. The first-order valence-corrected chi connectivity index (χ1v) is 21.3. The zero-order valence-electron chi connectivity index (χ0n) is 31.3. The summed E-state index contributed by atoms with van der Waals surface area (Å²) in [5, 5.41) is 7.88. The Kier molecular flexibility index (Phi) is 8.91. The van der Waals surface area contributed by atoms with Crippen LogP contribution in [0.2, 0.25) is 0 Å². The van der Waals surface area contributed by atoms with Gasteiger partial charge >= 0.3 is 23.2 Å². The van der Waals surface area contributed by atoms with E-state index in [-0.39, 0.29) is 91.4 Å². The minimum absolute atomic E-state index is 0.0672. The predicted molar refractivity (Wildman–Crippen MR) is 185 cm³/mol. The summed E-state index contributed by atoms with van der Waals surface area (Å²) in [7, 11) is 0. The maximum atomic E-state index is 14.2. The molecule has 1 heterocycles. The molecule has 6 atom stereocenters. The maximum absolute atomic E-state index is 14.2. The van der Waals surface area contributed by atoms with Crippen LogP contribution < -0.4 is 0 Å². The second-order valence-electron chi connectivity index (χ2n) is 20.1. The first-order chi connectivity index (χ1) is 26.7. The molecule has 13 rings (SSSR count). The summed E-state index contributed by atoms with van der Waals surface area (Å²) in [6, 6.07) is 0. The zero-order valence-corrected chi connectivity index (χ0v) is 32.2. The largest absolute Gasteiger partial charge is 0.464 e. The molecule has 0 amide bonds.